The molecule has 1 atom stereocenters. The van der Waals surface area contributed by atoms with Gasteiger partial charge in [0.25, 0.3) is 0 Å². The number of rotatable bonds is 8. The number of amides is 1. The number of nitrogens with zero attached hydrogens (tertiary/aromatic N) is 3. The highest BCUT2D eigenvalue weighted by atomic mass is 32.2. The summed E-state index contributed by atoms with van der Waals surface area (Å²) in [4.78, 5) is 25.6. The number of hydrogen-bond acceptors (Lipinski definition) is 8. The number of carbonyl (C=O) groups is 1. The summed E-state index contributed by atoms with van der Waals surface area (Å²) >= 11 is 1.69. The van der Waals surface area contributed by atoms with Crippen LogP contribution in [0.4, 0.5) is 0 Å². The van der Waals surface area contributed by atoms with E-state index in [2.05, 4.69) is 15.5 Å². The van der Waals surface area contributed by atoms with E-state index in [1.54, 1.807) is 18.7 Å². The van der Waals surface area contributed by atoms with Crippen LogP contribution < -0.4 is 10.7 Å². The Hall–Kier alpha value is -2.85. The largest absolute Gasteiger partial charge is 0.502 e. The number of fused-ring (bicyclic) bond motifs is 1. The fraction of sp³-hybridized carbons (Fsp3) is 0.478. The third-order valence-electron chi connectivity index (χ3n) is 6.07. The predicted molar refractivity (Wildman–Crippen MR) is 125 cm³/mol. The van der Waals surface area contributed by atoms with Gasteiger partial charge in [-0.15, -0.1) is 10.2 Å². The van der Waals surface area contributed by atoms with E-state index in [4.69, 9.17) is 9.15 Å². The van der Waals surface area contributed by atoms with Crippen LogP contribution in [0.15, 0.2) is 39.7 Å². The molecule has 1 unspecified atom stereocenters. The van der Waals surface area contributed by atoms with Gasteiger partial charge in [0.05, 0.1) is 6.04 Å². The number of thioether (sulfide) groups is 1. The second kappa shape index (κ2) is 9.96. The van der Waals surface area contributed by atoms with E-state index in [9.17, 15) is 14.7 Å². The zero-order chi connectivity index (χ0) is 23.4. The summed E-state index contributed by atoms with van der Waals surface area (Å²) in [7, 11) is 0. The molecule has 2 N–H and O–H groups in total. The van der Waals surface area contributed by atoms with Crippen LogP contribution in [0.2, 0.25) is 0 Å². The van der Waals surface area contributed by atoms with E-state index in [1.165, 1.54) is 6.07 Å². The van der Waals surface area contributed by atoms with Crippen molar-refractivity contribution in [2.75, 3.05) is 25.2 Å². The van der Waals surface area contributed by atoms with Crippen LogP contribution in [0.25, 0.3) is 5.65 Å². The topological polar surface area (TPSA) is 119 Å². The summed E-state index contributed by atoms with van der Waals surface area (Å²) < 4.78 is 13.2. The quantitative estimate of drug-likeness (QED) is 0.514. The molecule has 9 nitrogen and oxygen atoms in total. The van der Waals surface area contributed by atoms with Gasteiger partial charge in [0.15, 0.2) is 17.2 Å². The van der Waals surface area contributed by atoms with Crippen molar-refractivity contribution in [1.82, 2.24) is 19.9 Å². The van der Waals surface area contributed by atoms with Gasteiger partial charge in [-0.25, -0.2) is 0 Å². The zero-order valence-corrected chi connectivity index (χ0v) is 19.6. The van der Waals surface area contributed by atoms with Gasteiger partial charge in [-0.05, 0) is 50.3 Å². The molecular weight excluding hydrogens is 444 g/mol. The zero-order valence-electron chi connectivity index (χ0n) is 18.7. The Bertz CT molecular complexity index is 1190. The summed E-state index contributed by atoms with van der Waals surface area (Å²) in [5, 5.41) is 22.2. The van der Waals surface area contributed by atoms with E-state index in [-0.39, 0.29) is 24.1 Å². The van der Waals surface area contributed by atoms with Gasteiger partial charge in [0.1, 0.15) is 5.76 Å². The number of aromatic nitrogens is 3. The Kier molecular flexibility index (Phi) is 7.04. The number of pyridine rings is 1. The molecule has 0 aliphatic carbocycles. The van der Waals surface area contributed by atoms with Crippen LogP contribution in [-0.2, 0) is 14.9 Å². The highest BCUT2D eigenvalue weighted by molar-refractivity contribution is 7.98. The highest BCUT2D eigenvalue weighted by Crippen LogP contribution is 2.41. The second-order valence-corrected chi connectivity index (χ2v) is 9.34. The summed E-state index contributed by atoms with van der Waals surface area (Å²) in [6.07, 6.45) is 5.56. The molecule has 1 aliphatic heterocycles. The van der Waals surface area contributed by atoms with Crippen LogP contribution in [0.5, 0.6) is 5.75 Å². The second-order valence-electron chi connectivity index (χ2n) is 8.36. The van der Waals surface area contributed by atoms with Gasteiger partial charge >= 0.3 is 0 Å². The van der Waals surface area contributed by atoms with Gasteiger partial charge < -0.3 is 19.6 Å². The van der Waals surface area contributed by atoms with Crippen molar-refractivity contribution in [3.05, 3.63) is 58.0 Å². The molecule has 4 heterocycles. The lowest BCUT2D eigenvalue weighted by atomic mass is 9.74. The Morgan fingerprint density at radius 2 is 2.12 bits per heavy atom. The SMILES string of the molecule is CSCCC(NC(=O)CC1(c2oc(C)cc(=O)c2O)CCOCC1)c1nnc2ccccn12. The normalized spacial score (nSPS) is 16.5. The van der Waals surface area contributed by atoms with E-state index < -0.39 is 16.6 Å². The van der Waals surface area contributed by atoms with Crippen molar-refractivity contribution in [1.29, 1.82) is 0 Å². The lowest BCUT2D eigenvalue weighted by Gasteiger charge is -2.36. The summed E-state index contributed by atoms with van der Waals surface area (Å²) in [5.41, 5.74) is -0.620. The van der Waals surface area contributed by atoms with Crippen molar-refractivity contribution in [3.63, 3.8) is 0 Å². The molecule has 1 saturated heterocycles. The maximum Gasteiger partial charge on any atom is 0.227 e. The third-order valence-corrected chi connectivity index (χ3v) is 6.72. The molecule has 0 saturated carbocycles. The monoisotopic (exact) mass is 472 g/mol. The lowest BCUT2D eigenvalue weighted by Crippen LogP contribution is -2.41. The summed E-state index contributed by atoms with van der Waals surface area (Å²) in [5.74, 6) is 1.42. The first-order chi connectivity index (χ1) is 15.9. The highest BCUT2D eigenvalue weighted by Gasteiger charge is 2.42. The van der Waals surface area contributed by atoms with Gasteiger partial charge in [-0.1, -0.05) is 6.07 Å². The summed E-state index contributed by atoms with van der Waals surface area (Å²) in [6.45, 7) is 2.48. The van der Waals surface area contributed by atoms with Crippen molar-refractivity contribution >= 4 is 23.3 Å². The number of aromatic hydroxyl groups is 1. The Morgan fingerprint density at radius 3 is 2.88 bits per heavy atom. The Labute approximate surface area is 195 Å². The fourth-order valence-electron chi connectivity index (χ4n) is 4.36. The van der Waals surface area contributed by atoms with E-state index in [0.29, 0.717) is 49.7 Å². The minimum atomic E-state index is -0.825. The Morgan fingerprint density at radius 1 is 1.33 bits per heavy atom. The number of ether oxygens (including phenoxy) is 1. The van der Waals surface area contributed by atoms with Crippen LogP contribution in [0.1, 0.15) is 49.1 Å². The molecule has 4 rings (SSSR count). The van der Waals surface area contributed by atoms with Gasteiger partial charge in [-0.3, -0.25) is 14.0 Å². The van der Waals surface area contributed by atoms with Crippen LogP contribution in [-0.4, -0.2) is 50.8 Å². The van der Waals surface area contributed by atoms with Gasteiger partial charge in [-0.2, -0.15) is 11.8 Å². The molecule has 0 spiro atoms. The maximum atomic E-state index is 13.4. The average molecular weight is 473 g/mol. The van der Waals surface area contributed by atoms with Crippen LogP contribution in [0.3, 0.4) is 0 Å². The van der Waals surface area contributed by atoms with E-state index >= 15 is 0 Å². The van der Waals surface area contributed by atoms with Crippen LogP contribution >= 0.6 is 11.8 Å². The van der Waals surface area contributed by atoms with Crippen molar-refractivity contribution in [2.24, 2.45) is 0 Å². The minimum absolute atomic E-state index is 0.0584. The fourth-order valence-corrected chi connectivity index (χ4v) is 4.83. The van der Waals surface area contributed by atoms with E-state index in [1.807, 2.05) is 35.1 Å². The number of aryl methyl sites for hydroxylation is 1. The number of nitrogens with one attached hydrogen (secondary N) is 1. The van der Waals surface area contributed by atoms with Gasteiger partial charge in [0.2, 0.25) is 17.1 Å². The molecule has 33 heavy (non-hydrogen) atoms. The molecule has 0 bridgehead atoms. The van der Waals surface area contributed by atoms with Crippen molar-refractivity contribution in [2.45, 2.75) is 44.1 Å². The smallest absolute Gasteiger partial charge is 0.227 e. The standard InChI is InChI=1S/C23H28N4O5S/c1-15-13-17(28)20(30)21(32-15)23(7-10-31-11-8-23)14-19(29)24-16(6-12-33-2)22-26-25-18-5-3-4-9-27(18)22/h3-5,9,13,16,30H,6-8,10-12,14H2,1-2H3,(H,24,29). The molecule has 10 heteroatoms. The molecule has 3 aromatic rings. The first-order valence-corrected chi connectivity index (χ1v) is 12.3. The molecule has 176 valence electrons. The molecular formula is C23H28N4O5S. The maximum absolute atomic E-state index is 13.4. The lowest BCUT2D eigenvalue weighted by molar-refractivity contribution is -0.124. The predicted octanol–water partition coefficient (Wildman–Crippen LogP) is 2.75. The van der Waals surface area contributed by atoms with Crippen LogP contribution in [0, 0.1) is 6.92 Å². The first-order valence-electron chi connectivity index (χ1n) is 10.9. The number of hydrogen-bond donors (Lipinski definition) is 2. The first kappa shape index (κ1) is 23.3. The van der Waals surface area contributed by atoms with E-state index in [0.717, 1.165) is 5.75 Å². The minimum Gasteiger partial charge on any atom is -0.502 e. The molecule has 3 aromatic heterocycles. The molecule has 0 radical (unpaired) electrons. The molecule has 0 aromatic carbocycles. The molecule has 1 amide bonds. The molecule has 1 fully saturated rings. The number of carbonyl (C=O) groups excluding carboxylic acids is 1. The van der Waals surface area contributed by atoms with Crippen molar-refractivity contribution < 1.29 is 19.1 Å². The average Bonchev–Trinajstić information content (AvgIpc) is 3.23. The summed E-state index contributed by atoms with van der Waals surface area (Å²) in [6, 6.07) is 6.56. The van der Waals surface area contributed by atoms with Gasteiger partial charge in [0, 0.05) is 37.3 Å². The third kappa shape index (κ3) is 4.91. The Balaban J connectivity index is 1.63. The van der Waals surface area contributed by atoms with Crippen molar-refractivity contribution in [3.8, 4) is 5.75 Å². The molecule has 1 aliphatic rings.